The van der Waals surface area contributed by atoms with Gasteiger partial charge in [-0.15, -0.1) is 0 Å². The third-order valence-corrected chi connectivity index (χ3v) is 11.7. The molecule has 0 aliphatic rings. The number of hydrogen-bond donors (Lipinski definition) is 0. The molecule has 0 N–H and O–H groups in total. The van der Waals surface area contributed by atoms with Gasteiger partial charge in [-0.1, -0.05) is 215 Å². The summed E-state index contributed by atoms with van der Waals surface area (Å²) < 4.78 is 16.7. The van der Waals surface area contributed by atoms with Gasteiger partial charge in [0.25, 0.3) is 0 Å². The van der Waals surface area contributed by atoms with Crippen LogP contribution in [0.4, 0.5) is 0 Å². The average molecular weight is 765 g/mol. The molecule has 6 nitrogen and oxygen atoms in total. The number of unbranched alkanes of at least 4 members (excludes halogenated alkanes) is 21. The lowest BCUT2D eigenvalue weighted by Crippen LogP contribution is -2.30. The van der Waals surface area contributed by atoms with Gasteiger partial charge in [-0.3, -0.25) is 14.4 Å². The molecular weight excluding hydrogens is 673 g/mol. The Hall–Kier alpha value is -1.59. The van der Waals surface area contributed by atoms with E-state index in [4.69, 9.17) is 14.2 Å². The Labute approximate surface area is 336 Å². The molecule has 54 heavy (non-hydrogen) atoms. The second-order valence-corrected chi connectivity index (χ2v) is 17.1. The molecule has 0 saturated carbocycles. The number of esters is 3. The summed E-state index contributed by atoms with van der Waals surface area (Å²) >= 11 is 0. The molecule has 0 fully saturated rings. The van der Waals surface area contributed by atoms with Crippen molar-refractivity contribution in [2.24, 2.45) is 17.8 Å². The Morgan fingerprint density at radius 2 is 0.593 bits per heavy atom. The largest absolute Gasteiger partial charge is 0.462 e. The lowest BCUT2D eigenvalue weighted by molar-refractivity contribution is -0.167. The molecule has 6 heteroatoms. The summed E-state index contributed by atoms with van der Waals surface area (Å²) in [6, 6.07) is 0. The zero-order valence-corrected chi connectivity index (χ0v) is 37.0. The lowest BCUT2D eigenvalue weighted by Gasteiger charge is -2.18. The summed E-state index contributed by atoms with van der Waals surface area (Å²) in [5.74, 6) is 1.66. The van der Waals surface area contributed by atoms with Crippen LogP contribution in [0.1, 0.15) is 253 Å². The van der Waals surface area contributed by atoms with Gasteiger partial charge in [0.1, 0.15) is 13.2 Å². The quantitative estimate of drug-likeness (QED) is 0.0350. The van der Waals surface area contributed by atoms with Crippen molar-refractivity contribution in [1.29, 1.82) is 0 Å². The molecule has 0 aromatic carbocycles. The smallest absolute Gasteiger partial charge is 0.306 e. The van der Waals surface area contributed by atoms with E-state index in [-0.39, 0.29) is 31.1 Å². The van der Waals surface area contributed by atoms with E-state index in [2.05, 4.69) is 41.5 Å². The molecule has 4 atom stereocenters. The van der Waals surface area contributed by atoms with E-state index in [1.807, 2.05) is 0 Å². The Morgan fingerprint density at radius 1 is 0.352 bits per heavy atom. The summed E-state index contributed by atoms with van der Waals surface area (Å²) in [7, 11) is 0. The number of carbonyl (C=O) groups is 3. The Morgan fingerprint density at radius 3 is 0.870 bits per heavy atom. The van der Waals surface area contributed by atoms with Gasteiger partial charge in [-0.25, -0.2) is 0 Å². The van der Waals surface area contributed by atoms with Crippen LogP contribution in [0.3, 0.4) is 0 Å². The Kier molecular flexibility index (Phi) is 38.5. The van der Waals surface area contributed by atoms with Crippen molar-refractivity contribution >= 4 is 17.9 Å². The molecule has 0 rings (SSSR count). The van der Waals surface area contributed by atoms with Crippen LogP contribution in [0.5, 0.6) is 0 Å². The van der Waals surface area contributed by atoms with Crippen LogP contribution >= 0.6 is 0 Å². The second-order valence-electron chi connectivity index (χ2n) is 17.1. The van der Waals surface area contributed by atoms with E-state index in [9.17, 15) is 14.4 Å². The maximum Gasteiger partial charge on any atom is 0.306 e. The van der Waals surface area contributed by atoms with E-state index < -0.39 is 6.10 Å². The summed E-state index contributed by atoms with van der Waals surface area (Å²) in [4.78, 5) is 37.8. The van der Waals surface area contributed by atoms with Crippen LogP contribution < -0.4 is 0 Å². The van der Waals surface area contributed by atoms with Gasteiger partial charge in [-0.2, -0.15) is 0 Å². The predicted molar refractivity (Wildman–Crippen MR) is 229 cm³/mol. The van der Waals surface area contributed by atoms with Crippen LogP contribution in [0.2, 0.25) is 0 Å². The molecule has 0 saturated heterocycles. The topological polar surface area (TPSA) is 78.9 Å². The van der Waals surface area contributed by atoms with Gasteiger partial charge in [0.15, 0.2) is 6.10 Å². The fourth-order valence-corrected chi connectivity index (χ4v) is 6.96. The van der Waals surface area contributed by atoms with Crippen LogP contribution in [-0.2, 0) is 28.6 Å². The first-order valence-corrected chi connectivity index (χ1v) is 23.7. The van der Waals surface area contributed by atoms with Gasteiger partial charge < -0.3 is 14.2 Å². The maximum absolute atomic E-state index is 12.7. The zero-order valence-electron chi connectivity index (χ0n) is 37.0. The highest BCUT2D eigenvalue weighted by Crippen LogP contribution is 2.18. The van der Waals surface area contributed by atoms with Crippen molar-refractivity contribution in [3.8, 4) is 0 Å². The maximum atomic E-state index is 12.7. The minimum atomic E-state index is -0.763. The van der Waals surface area contributed by atoms with Crippen LogP contribution in [0.25, 0.3) is 0 Å². The molecule has 0 amide bonds. The molecule has 0 aromatic rings. The lowest BCUT2D eigenvalue weighted by atomic mass is 9.99. The van der Waals surface area contributed by atoms with Crippen molar-refractivity contribution in [3.05, 3.63) is 0 Å². The van der Waals surface area contributed by atoms with Crippen molar-refractivity contribution in [2.45, 2.75) is 260 Å². The highest BCUT2D eigenvalue weighted by Gasteiger charge is 2.19. The van der Waals surface area contributed by atoms with Crippen LogP contribution in [0, 0.1) is 17.8 Å². The first-order chi connectivity index (χ1) is 26.2. The molecule has 0 bridgehead atoms. The SMILES string of the molecule is CCC(C)CCCCCCCCCCCCC(=O)OC[C@H](COC(=O)CCCCCCCCCCC(C)CC)OC(=O)CCCCCCCCC(C)CC. The first-order valence-electron chi connectivity index (χ1n) is 23.7. The van der Waals surface area contributed by atoms with Gasteiger partial charge in [0.05, 0.1) is 0 Å². The highest BCUT2D eigenvalue weighted by atomic mass is 16.6. The third kappa shape index (κ3) is 37.3. The van der Waals surface area contributed by atoms with Crippen LogP contribution in [-0.4, -0.2) is 37.2 Å². The van der Waals surface area contributed by atoms with Crippen LogP contribution in [0.15, 0.2) is 0 Å². The van der Waals surface area contributed by atoms with E-state index in [0.29, 0.717) is 19.3 Å². The van der Waals surface area contributed by atoms with Gasteiger partial charge in [0.2, 0.25) is 0 Å². The van der Waals surface area contributed by atoms with E-state index in [1.54, 1.807) is 0 Å². The highest BCUT2D eigenvalue weighted by molar-refractivity contribution is 5.71. The monoisotopic (exact) mass is 765 g/mol. The molecule has 0 spiro atoms. The van der Waals surface area contributed by atoms with E-state index in [0.717, 1.165) is 75.5 Å². The van der Waals surface area contributed by atoms with Gasteiger partial charge in [-0.05, 0) is 37.0 Å². The molecule has 0 aliphatic heterocycles. The number of ether oxygens (including phenoxy) is 3. The fraction of sp³-hybridized carbons (Fsp3) is 0.938. The molecule has 320 valence electrons. The van der Waals surface area contributed by atoms with E-state index in [1.165, 1.54) is 135 Å². The minimum Gasteiger partial charge on any atom is -0.462 e. The molecule has 0 radical (unpaired) electrons. The molecule has 0 aromatic heterocycles. The minimum absolute atomic E-state index is 0.0667. The fourth-order valence-electron chi connectivity index (χ4n) is 6.96. The number of carbonyl (C=O) groups excluding carboxylic acids is 3. The number of hydrogen-bond acceptors (Lipinski definition) is 6. The number of rotatable bonds is 41. The molecule has 0 heterocycles. The standard InChI is InChI=1S/C48H92O6/c1-7-42(4)34-28-22-16-12-10-11-13-18-25-31-37-46(49)52-40-45(54-48(51)39-33-27-21-20-24-30-36-44(6)9-3)41-53-47(50)38-32-26-19-15-14-17-23-29-35-43(5)8-2/h42-45H,7-41H2,1-6H3/t42?,43?,44?,45-/m1/s1. The Balaban J connectivity index is 4.35. The van der Waals surface area contributed by atoms with Crippen molar-refractivity contribution in [2.75, 3.05) is 13.2 Å². The zero-order chi connectivity index (χ0) is 39.9. The molecular formula is C48H92O6. The van der Waals surface area contributed by atoms with Gasteiger partial charge in [0, 0.05) is 19.3 Å². The molecule has 0 aliphatic carbocycles. The first kappa shape index (κ1) is 52.4. The van der Waals surface area contributed by atoms with Crippen molar-refractivity contribution in [1.82, 2.24) is 0 Å². The third-order valence-electron chi connectivity index (χ3n) is 11.7. The van der Waals surface area contributed by atoms with E-state index >= 15 is 0 Å². The molecule has 3 unspecified atom stereocenters. The van der Waals surface area contributed by atoms with Crippen molar-refractivity contribution in [3.63, 3.8) is 0 Å². The normalized spacial score (nSPS) is 13.7. The average Bonchev–Trinajstić information content (AvgIpc) is 3.17. The summed E-state index contributed by atoms with van der Waals surface area (Å²) in [5, 5.41) is 0. The summed E-state index contributed by atoms with van der Waals surface area (Å²) in [5.41, 5.74) is 0. The predicted octanol–water partition coefficient (Wildman–Crippen LogP) is 14.8. The van der Waals surface area contributed by atoms with Crippen molar-refractivity contribution < 1.29 is 28.6 Å². The second kappa shape index (κ2) is 39.6. The summed E-state index contributed by atoms with van der Waals surface area (Å²) in [6.45, 7) is 13.7. The Bertz CT molecular complexity index is 843. The summed E-state index contributed by atoms with van der Waals surface area (Å²) in [6.07, 6.45) is 36.5. The van der Waals surface area contributed by atoms with Gasteiger partial charge >= 0.3 is 17.9 Å².